The first-order valence-electron chi connectivity index (χ1n) is 6.16. The Morgan fingerprint density at radius 3 is 2.50 bits per heavy atom. The van der Waals surface area contributed by atoms with Crippen LogP contribution < -0.4 is 0 Å². The largest absolute Gasteiger partial charge is 0.252 e. The van der Waals surface area contributed by atoms with Crippen molar-refractivity contribution in [3.8, 4) is 6.07 Å². The predicted molar refractivity (Wildman–Crippen MR) is 62.7 cm³/mol. The van der Waals surface area contributed by atoms with Gasteiger partial charge in [0, 0.05) is 6.54 Å². The topological polar surface area (TPSA) is 54.5 Å². The molecule has 4 nitrogen and oxygen atoms in total. The molecule has 88 valence electrons. The van der Waals surface area contributed by atoms with Crippen molar-refractivity contribution in [3.63, 3.8) is 0 Å². The van der Waals surface area contributed by atoms with Crippen LogP contribution in [0.4, 0.5) is 0 Å². The summed E-state index contributed by atoms with van der Waals surface area (Å²) in [6.45, 7) is 3.11. The lowest BCUT2D eigenvalue weighted by Crippen LogP contribution is -1.98. The highest BCUT2D eigenvalue weighted by atomic mass is 15.3. The number of unbranched alkanes of at least 4 members (excludes halogenated alkanes) is 6. The Bertz CT molecular complexity index is 324. The van der Waals surface area contributed by atoms with Gasteiger partial charge in [0.05, 0.1) is 0 Å². The van der Waals surface area contributed by atoms with Crippen molar-refractivity contribution in [3.05, 3.63) is 12.2 Å². The number of aromatic nitrogens is 3. The lowest BCUT2D eigenvalue weighted by molar-refractivity contribution is 0.522. The van der Waals surface area contributed by atoms with Crippen LogP contribution in [0.3, 0.4) is 0 Å². The molecule has 4 heteroatoms. The van der Waals surface area contributed by atoms with Gasteiger partial charge < -0.3 is 0 Å². The minimum atomic E-state index is 0.267. The quantitative estimate of drug-likeness (QED) is 0.633. The molecule has 0 aliphatic rings. The maximum Gasteiger partial charge on any atom is 0.252 e. The molecule has 0 unspecified atom stereocenters. The fourth-order valence-electron chi connectivity index (χ4n) is 1.68. The SMILES string of the molecule is CCCCCCCCCn1cnc(C#N)n1. The number of hydrogen-bond donors (Lipinski definition) is 0. The molecule has 0 radical (unpaired) electrons. The lowest BCUT2D eigenvalue weighted by Gasteiger charge is -2.01. The van der Waals surface area contributed by atoms with E-state index in [9.17, 15) is 0 Å². The van der Waals surface area contributed by atoms with Crippen molar-refractivity contribution in [1.29, 1.82) is 5.26 Å². The van der Waals surface area contributed by atoms with E-state index < -0.39 is 0 Å². The Hall–Kier alpha value is -1.37. The van der Waals surface area contributed by atoms with Crippen molar-refractivity contribution in [2.45, 2.75) is 58.4 Å². The molecular weight excluding hydrogens is 200 g/mol. The number of rotatable bonds is 8. The van der Waals surface area contributed by atoms with Crippen LogP contribution in [-0.2, 0) is 6.54 Å². The molecule has 0 amide bonds. The van der Waals surface area contributed by atoms with E-state index in [-0.39, 0.29) is 5.82 Å². The molecule has 0 aliphatic carbocycles. The van der Waals surface area contributed by atoms with Gasteiger partial charge >= 0.3 is 0 Å². The summed E-state index contributed by atoms with van der Waals surface area (Å²) < 4.78 is 1.75. The van der Waals surface area contributed by atoms with Gasteiger partial charge in [0.2, 0.25) is 0 Å². The zero-order valence-corrected chi connectivity index (χ0v) is 10.0. The Morgan fingerprint density at radius 1 is 1.19 bits per heavy atom. The van der Waals surface area contributed by atoms with Crippen molar-refractivity contribution >= 4 is 0 Å². The van der Waals surface area contributed by atoms with Gasteiger partial charge in [-0.05, 0) is 6.42 Å². The van der Waals surface area contributed by atoms with Gasteiger partial charge in [-0.3, -0.25) is 4.68 Å². The van der Waals surface area contributed by atoms with Crippen molar-refractivity contribution < 1.29 is 0 Å². The van der Waals surface area contributed by atoms with Gasteiger partial charge in [-0.25, -0.2) is 4.98 Å². The molecule has 0 aliphatic heterocycles. The van der Waals surface area contributed by atoms with E-state index in [2.05, 4.69) is 17.0 Å². The standard InChI is InChI=1S/C12H20N4/c1-2-3-4-5-6-7-8-9-16-11-14-12(10-13)15-16/h11H,2-9H2,1H3. The fraction of sp³-hybridized carbons (Fsp3) is 0.750. The monoisotopic (exact) mass is 220 g/mol. The Kier molecular flexibility index (Phi) is 6.24. The van der Waals surface area contributed by atoms with Crippen LogP contribution in [0.1, 0.15) is 57.7 Å². The van der Waals surface area contributed by atoms with Crippen molar-refractivity contribution in [1.82, 2.24) is 14.8 Å². The maximum absolute atomic E-state index is 8.55. The Labute approximate surface area is 97.3 Å². The van der Waals surface area contributed by atoms with E-state index in [1.165, 1.54) is 38.5 Å². The highest BCUT2D eigenvalue weighted by molar-refractivity contribution is 5.05. The van der Waals surface area contributed by atoms with E-state index in [0.29, 0.717) is 0 Å². The van der Waals surface area contributed by atoms with Crippen LogP contribution in [0.25, 0.3) is 0 Å². The molecule has 0 saturated carbocycles. The first-order chi connectivity index (χ1) is 7.86. The third kappa shape index (κ3) is 4.92. The van der Waals surface area contributed by atoms with E-state index in [0.717, 1.165) is 13.0 Å². The van der Waals surface area contributed by atoms with Gasteiger partial charge in [-0.2, -0.15) is 5.26 Å². The molecule has 0 bridgehead atoms. The van der Waals surface area contributed by atoms with Crippen LogP contribution in [0.15, 0.2) is 6.33 Å². The van der Waals surface area contributed by atoms with E-state index in [1.807, 2.05) is 6.07 Å². The molecule has 16 heavy (non-hydrogen) atoms. The number of nitriles is 1. The highest BCUT2D eigenvalue weighted by Gasteiger charge is 1.98. The molecule has 0 aromatic carbocycles. The Morgan fingerprint density at radius 2 is 1.88 bits per heavy atom. The molecule has 0 fully saturated rings. The van der Waals surface area contributed by atoms with Crippen LogP contribution in [0.2, 0.25) is 0 Å². The van der Waals surface area contributed by atoms with Crippen LogP contribution in [0, 0.1) is 11.3 Å². The van der Waals surface area contributed by atoms with E-state index >= 15 is 0 Å². The second-order valence-corrected chi connectivity index (χ2v) is 4.06. The van der Waals surface area contributed by atoms with Crippen LogP contribution in [0.5, 0.6) is 0 Å². The zero-order valence-electron chi connectivity index (χ0n) is 10.0. The average Bonchev–Trinajstić information content (AvgIpc) is 2.76. The first-order valence-corrected chi connectivity index (χ1v) is 6.16. The van der Waals surface area contributed by atoms with Gasteiger partial charge in [0.1, 0.15) is 12.4 Å². The third-order valence-corrected chi connectivity index (χ3v) is 2.63. The normalized spacial score (nSPS) is 10.2. The minimum Gasteiger partial charge on any atom is -0.252 e. The van der Waals surface area contributed by atoms with E-state index in [1.54, 1.807) is 11.0 Å². The summed E-state index contributed by atoms with van der Waals surface area (Å²) in [4.78, 5) is 3.86. The summed E-state index contributed by atoms with van der Waals surface area (Å²) in [5.74, 6) is 0.267. The first kappa shape index (κ1) is 12.7. The molecule has 0 saturated heterocycles. The minimum absolute atomic E-state index is 0.267. The Balaban J connectivity index is 2.01. The molecule has 0 N–H and O–H groups in total. The zero-order chi connectivity index (χ0) is 11.6. The molecule has 0 atom stereocenters. The summed E-state index contributed by atoms with van der Waals surface area (Å²) in [6.07, 6.45) is 10.7. The summed E-state index contributed by atoms with van der Waals surface area (Å²) in [5, 5.41) is 12.6. The fourth-order valence-corrected chi connectivity index (χ4v) is 1.68. The van der Waals surface area contributed by atoms with Gasteiger partial charge in [-0.1, -0.05) is 45.4 Å². The number of hydrogen-bond acceptors (Lipinski definition) is 3. The molecule has 1 rings (SSSR count). The summed E-state index contributed by atoms with van der Waals surface area (Å²) in [5.41, 5.74) is 0. The lowest BCUT2D eigenvalue weighted by atomic mass is 10.1. The van der Waals surface area contributed by atoms with Gasteiger partial charge in [-0.15, -0.1) is 5.10 Å². The highest BCUT2D eigenvalue weighted by Crippen LogP contribution is 2.07. The molecular formula is C12H20N4. The molecule has 1 heterocycles. The molecule has 0 spiro atoms. The summed E-state index contributed by atoms with van der Waals surface area (Å²) >= 11 is 0. The number of nitrogens with zero attached hydrogens (tertiary/aromatic N) is 4. The summed E-state index contributed by atoms with van der Waals surface area (Å²) in [7, 11) is 0. The second kappa shape index (κ2) is 7.86. The van der Waals surface area contributed by atoms with E-state index in [4.69, 9.17) is 5.26 Å². The average molecular weight is 220 g/mol. The smallest absolute Gasteiger partial charge is 0.252 e. The third-order valence-electron chi connectivity index (χ3n) is 2.63. The maximum atomic E-state index is 8.55. The van der Waals surface area contributed by atoms with Crippen LogP contribution >= 0.6 is 0 Å². The summed E-state index contributed by atoms with van der Waals surface area (Å²) in [6, 6.07) is 1.93. The van der Waals surface area contributed by atoms with Crippen LogP contribution in [-0.4, -0.2) is 14.8 Å². The van der Waals surface area contributed by atoms with Gasteiger partial charge in [0.25, 0.3) is 5.82 Å². The second-order valence-electron chi connectivity index (χ2n) is 4.06. The van der Waals surface area contributed by atoms with Crippen molar-refractivity contribution in [2.75, 3.05) is 0 Å². The molecule has 1 aromatic rings. The van der Waals surface area contributed by atoms with Crippen molar-refractivity contribution in [2.24, 2.45) is 0 Å². The number of aryl methyl sites for hydroxylation is 1. The van der Waals surface area contributed by atoms with Gasteiger partial charge in [0.15, 0.2) is 0 Å². The predicted octanol–water partition coefficient (Wildman–Crippen LogP) is 2.90. The molecule has 1 aromatic heterocycles.